The number of hydrogen-bond acceptors (Lipinski definition) is 5. The number of nitrogens with one attached hydrogen (secondary N) is 4. The fraction of sp³-hybridized carbons (Fsp3) is 0.333. The van der Waals surface area contributed by atoms with Crippen molar-refractivity contribution >= 4 is 35.2 Å². The molecular formula is C24H30N4O5. The van der Waals surface area contributed by atoms with Gasteiger partial charge in [-0.3, -0.25) is 9.59 Å². The lowest BCUT2D eigenvalue weighted by Crippen LogP contribution is -2.36. The van der Waals surface area contributed by atoms with Crippen LogP contribution in [-0.4, -0.2) is 43.0 Å². The maximum Gasteiger partial charge on any atom is 0.340 e. The van der Waals surface area contributed by atoms with Gasteiger partial charge in [0.25, 0.3) is 5.91 Å². The summed E-state index contributed by atoms with van der Waals surface area (Å²) in [6.07, 6.45) is 0. The Morgan fingerprint density at radius 2 is 1.55 bits per heavy atom. The van der Waals surface area contributed by atoms with Gasteiger partial charge in [0.1, 0.15) is 0 Å². The van der Waals surface area contributed by atoms with Crippen LogP contribution in [0.15, 0.2) is 36.4 Å². The van der Waals surface area contributed by atoms with Crippen LogP contribution in [0.4, 0.5) is 16.2 Å². The first kappa shape index (κ1) is 25.4. The van der Waals surface area contributed by atoms with Crippen LogP contribution in [0.1, 0.15) is 40.9 Å². The molecule has 9 heteroatoms. The lowest BCUT2D eigenvalue weighted by molar-refractivity contribution is -0.126. The van der Waals surface area contributed by atoms with E-state index in [2.05, 4.69) is 21.3 Å². The molecule has 2 aromatic carbocycles. The molecule has 0 atom stereocenters. The number of rotatable bonds is 8. The monoisotopic (exact) mass is 454 g/mol. The van der Waals surface area contributed by atoms with Crippen LogP contribution in [0.3, 0.4) is 0 Å². The summed E-state index contributed by atoms with van der Waals surface area (Å²) in [5.74, 6) is -1.80. The highest BCUT2D eigenvalue weighted by atomic mass is 16.5. The predicted molar refractivity (Wildman–Crippen MR) is 126 cm³/mol. The summed E-state index contributed by atoms with van der Waals surface area (Å²) in [4.78, 5) is 48.6. The molecule has 0 aliphatic rings. The van der Waals surface area contributed by atoms with E-state index in [0.717, 1.165) is 16.7 Å². The zero-order valence-corrected chi connectivity index (χ0v) is 19.5. The zero-order valence-electron chi connectivity index (χ0n) is 19.5. The Balaban J connectivity index is 1.86. The summed E-state index contributed by atoms with van der Waals surface area (Å²) in [5, 5.41) is 10.4. The van der Waals surface area contributed by atoms with Gasteiger partial charge in [0.15, 0.2) is 6.61 Å². The second-order valence-corrected chi connectivity index (χ2v) is 7.97. The van der Waals surface area contributed by atoms with Crippen LogP contribution in [0, 0.1) is 20.8 Å². The van der Waals surface area contributed by atoms with Crippen molar-refractivity contribution in [3.05, 3.63) is 58.7 Å². The topological polar surface area (TPSA) is 126 Å². The summed E-state index contributed by atoms with van der Waals surface area (Å²) < 4.78 is 5.04. The van der Waals surface area contributed by atoms with E-state index in [1.54, 1.807) is 18.2 Å². The minimum atomic E-state index is -0.777. The van der Waals surface area contributed by atoms with Gasteiger partial charge < -0.3 is 26.0 Å². The first-order valence-corrected chi connectivity index (χ1v) is 10.5. The third-order valence-electron chi connectivity index (χ3n) is 4.54. The molecule has 0 unspecified atom stereocenters. The van der Waals surface area contributed by atoms with Crippen LogP contribution in [0.5, 0.6) is 0 Å². The quantitative estimate of drug-likeness (QED) is 0.456. The number of anilines is 2. The summed E-state index contributed by atoms with van der Waals surface area (Å²) >= 11 is 0. The Bertz CT molecular complexity index is 1030. The Kier molecular flexibility index (Phi) is 8.97. The second kappa shape index (κ2) is 11.7. The van der Waals surface area contributed by atoms with Crippen LogP contribution < -0.4 is 21.3 Å². The highest BCUT2D eigenvalue weighted by molar-refractivity contribution is 6.01. The van der Waals surface area contributed by atoms with Crippen molar-refractivity contribution in [1.82, 2.24) is 10.6 Å². The van der Waals surface area contributed by atoms with E-state index in [-0.39, 0.29) is 23.8 Å². The Morgan fingerprint density at radius 1 is 0.909 bits per heavy atom. The van der Waals surface area contributed by atoms with E-state index in [1.165, 1.54) is 6.07 Å². The van der Waals surface area contributed by atoms with Crippen LogP contribution in [0.25, 0.3) is 0 Å². The van der Waals surface area contributed by atoms with Crippen molar-refractivity contribution in [2.45, 2.75) is 40.7 Å². The number of carbonyl (C=O) groups is 4. The standard InChI is InChI=1S/C24H30N4O5/c1-14(2)26-24(32)27-19-9-7-6-8-18(19)23(31)33-13-21(30)25-12-20(29)28-22-16(4)10-15(3)11-17(22)5/h6-11,14H,12-13H2,1-5H3,(H,25,30)(H,28,29)(H2,26,27,32). The number of carbonyl (C=O) groups excluding carboxylic acids is 4. The van der Waals surface area contributed by atoms with Crippen molar-refractivity contribution < 1.29 is 23.9 Å². The minimum absolute atomic E-state index is 0.0798. The van der Waals surface area contributed by atoms with E-state index < -0.39 is 30.4 Å². The first-order chi connectivity index (χ1) is 15.6. The zero-order chi connectivity index (χ0) is 24.5. The molecule has 0 aliphatic carbocycles. The Hall–Kier alpha value is -3.88. The fourth-order valence-electron chi connectivity index (χ4n) is 3.19. The fourth-order valence-corrected chi connectivity index (χ4v) is 3.19. The summed E-state index contributed by atoms with van der Waals surface area (Å²) in [6.45, 7) is 8.54. The van der Waals surface area contributed by atoms with Gasteiger partial charge >= 0.3 is 12.0 Å². The lowest BCUT2D eigenvalue weighted by Gasteiger charge is -2.14. The predicted octanol–water partition coefficient (Wildman–Crippen LogP) is 3.05. The maximum atomic E-state index is 12.4. The summed E-state index contributed by atoms with van der Waals surface area (Å²) in [7, 11) is 0. The van der Waals surface area contributed by atoms with Gasteiger partial charge in [-0.15, -0.1) is 0 Å². The number of hydrogen-bond donors (Lipinski definition) is 4. The Morgan fingerprint density at radius 3 is 2.18 bits per heavy atom. The minimum Gasteiger partial charge on any atom is -0.452 e. The smallest absolute Gasteiger partial charge is 0.340 e. The molecule has 0 bridgehead atoms. The molecule has 0 aliphatic heterocycles. The highest BCUT2D eigenvalue weighted by Gasteiger charge is 2.17. The van der Waals surface area contributed by atoms with Crippen LogP contribution >= 0.6 is 0 Å². The number of urea groups is 1. The number of benzene rings is 2. The number of aryl methyl sites for hydroxylation is 3. The molecule has 2 rings (SSSR count). The van der Waals surface area contributed by atoms with Gasteiger partial charge in [-0.05, 0) is 57.9 Å². The normalized spacial score (nSPS) is 10.4. The van der Waals surface area contributed by atoms with Crippen LogP contribution in [-0.2, 0) is 14.3 Å². The van der Waals surface area contributed by atoms with Crippen molar-refractivity contribution in [2.75, 3.05) is 23.8 Å². The second-order valence-electron chi connectivity index (χ2n) is 7.97. The molecule has 0 radical (unpaired) electrons. The molecule has 0 saturated carbocycles. The van der Waals surface area contributed by atoms with E-state index in [4.69, 9.17) is 4.74 Å². The molecule has 4 amide bonds. The van der Waals surface area contributed by atoms with Crippen molar-refractivity contribution in [3.8, 4) is 0 Å². The van der Waals surface area contributed by atoms with Crippen molar-refractivity contribution in [1.29, 1.82) is 0 Å². The Labute approximate surface area is 193 Å². The molecule has 2 aromatic rings. The van der Waals surface area contributed by atoms with Gasteiger partial charge in [-0.1, -0.05) is 29.8 Å². The third-order valence-corrected chi connectivity index (χ3v) is 4.54. The molecule has 0 saturated heterocycles. The summed E-state index contributed by atoms with van der Waals surface area (Å²) in [5.41, 5.74) is 4.01. The molecule has 0 fully saturated rings. The molecule has 0 aromatic heterocycles. The molecule has 33 heavy (non-hydrogen) atoms. The molecule has 4 N–H and O–H groups in total. The van der Waals surface area contributed by atoms with Gasteiger partial charge in [-0.2, -0.15) is 0 Å². The average molecular weight is 455 g/mol. The van der Waals surface area contributed by atoms with Gasteiger partial charge in [-0.25, -0.2) is 9.59 Å². The lowest BCUT2D eigenvalue weighted by atomic mass is 10.1. The van der Waals surface area contributed by atoms with Crippen molar-refractivity contribution in [2.24, 2.45) is 0 Å². The maximum absolute atomic E-state index is 12.4. The van der Waals surface area contributed by atoms with E-state index in [1.807, 2.05) is 46.8 Å². The van der Waals surface area contributed by atoms with E-state index in [0.29, 0.717) is 5.69 Å². The number of para-hydroxylation sites is 1. The number of esters is 1. The first-order valence-electron chi connectivity index (χ1n) is 10.5. The van der Waals surface area contributed by atoms with Crippen LogP contribution in [0.2, 0.25) is 0 Å². The largest absolute Gasteiger partial charge is 0.452 e. The summed E-state index contributed by atoms with van der Waals surface area (Å²) in [6, 6.07) is 9.67. The van der Waals surface area contributed by atoms with E-state index >= 15 is 0 Å². The molecular weight excluding hydrogens is 424 g/mol. The molecule has 9 nitrogen and oxygen atoms in total. The van der Waals surface area contributed by atoms with Gasteiger partial charge in [0, 0.05) is 11.7 Å². The number of amides is 4. The molecule has 0 spiro atoms. The average Bonchev–Trinajstić information content (AvgIpc) is 2.72. The third kappa shape index (κ3) is 7.95. The van der Waals surface area contributed by atoms with Gasteiger partial charge in [0.2, 0.25) is 5.91 Å². The SMILES string of the molecule is Cc1cc(C)c(NC(=O)CNC(=O)COC(=O)c2ccccc2NC(=O)NC(C)C)c(C)c1. The molecule has 0 heterocycles. The highest BCUT2D eigenvalue weighted by Crippen LogP contribution is 2.21. The number of ether oxygens (including phenoxy) is 1. The van der Waals surface area contributed by atoms with Crippen molar-refractivity contribution in [3.63, 3.8) is 0 Å². The van der Waals surface area contributed by atoms with E-state index in [9.17, 15) is 19.2 Å². The van der Waals surface area contributed by atoms with Gasteiger partial charge in [0.05, 0.1) is 17.8 Å². The molecule has 176 valence electrons.